The van der Waals surface area contributed by atoms with Crippen molar-refractivity contribution in [3.63, 3.8) is 0 Å². The van der Waals surface area contributed by atoms with Crippen LogP contribution in [0.1, 0.15) is 12.0 Å². The molecular formula is C10H11BrN2O. The predicted molar refractivity (Wildman–Crippen MR) is 58.7 cm³/mol. The number of anilines is 1. The van der Waals surface area contributed by atoms with E-state index in [1.807, 2.05) is 19.1 Å². The zero-order valence-electron chi connectivity index (χ0n) is 7.90. The highest BCUT2D eigenvalue weighted by Crippen LogP contribution is 2.23. The summed E-state index contributed by atoms with van der Waals surface area (Å²) in [5, 5.41) is 0. The van der Waals surface area contributed by atoms with Gasteiger partial charge in [-0.05, 0) is 31.0 Å². The quantitative estimate of drug-likeness (QED) is 0.718. The van der Waals surface area contributed by atoms with Crippen molar-refractivity contribution < 1.29 is 4.79 Å². The summed E-state index contributed by atoms with van der Waals surface area (Å²) in [4.78, 5) is 17.5. The van der Waals surface area contributed by atoms with E-state index in [1.54, 1.807) is 11.1 Å². The fourth-order valence-corrected chi connectivity index (χ4v) is 1.99. The number of aryl methyl sites for hydroxylation is 1. The van der Waals surface area contributed by atoms with Crippen LogP contribution in [0, 0.1) is 6.92 Å². The van der Waals surface area contributed by atoms with Crippen molar-refractivity contribution >= 4 is 27.7 Å². The van der Waals surface area contributed by atoms with Crippen molar-refractivity contribution in [1.29, 1.82) is 0 Å². The smallest absolute Gasteiger partial charge is 0.241 e. The summed E-state index contributed by atoms with van der Waals surface area (Å²) in [6, 6.07) is 3.86. The summed E-state index contributed by atoms with van der Waals surface area (Å²) in [6.45, 7) is 2.75. The number of hydrogen-bond acceptors (Lipinski definition) is 2. The topological polar surface area (TPSA) is 33.2 Å². The van der Waals surface area contributed by atoms with Crippen LogP contribution in [0.4, 0.5) is 5.82 Å². The summed E-state index contributed by atoms with van der Waals surface area (Å²) in [5.74, 6) is 0.875. The molecule has 2 heterocycles. The summed E-state index contributed by atoms with van der Waals surface area (Å²) < 4.78 is 0. The SMILES string of the molecule is Cc1ccnc(N2CCC(Br)C2=O)c1. The Labute approximate surface area is 91.3 Å². The van der Waals surface area contributed by atoms with Crippen LogP contribution < -0.4 is 4.90 Å². The number of halogens is 1. The summed E-state index contributed by atoms with van der Waals surface area (Å²) in [6.07, 6.45) is 2.59. The van der Waals surface area contributed by atoms with Crippen molar-refractivity contribution in [1.82, 2.24) is 4.98 Å². The number of carbonyl (C=O) groups excluding carboxylic acids is 1. The van der Waals surface area contributed by atoms with E-state index < -0.39 is 0 Å². The van der Waals surface area contributed by atoms with E-state index in [1.165, 1.54) is 0 Å². The second-order valence-corrected chi connectivity index (χ2v) is 4.54. The largest absolute Gasteiger partial charge is 0.296 e. The molecule has 1 amide bonds. The molecule has 0 bridgehead atoms. The maximum absolute atomic E-state index is 11.7. The second-order valence-electron chi connectivity index (χ2n) is 3.44. The Kier molecular flexibility index (Phi) is 2.54. The zero-order valence-corrected chi connectivity index (χ0v) is 9.49. The molecule has 0 aromatic carbocycles. The van der Waals surface area contributed by atoms with E-state index in [9.17, 15) is 4.79 Å². The Bertz CT molecular complexity index is 367. The van der Waals surface area contributed by atoms with Gasteiger partial charge in [-0.2, -0.15) is 0 Å². The summed E-state index contributed by atoms with van der Waals surface area (Å²) >= 11 is 3.34. The van der Waals surface area contributed by atoms with Crippen molar-refractivity contribution in [3.05, 3.63) is 23.9 Å². The Morgan fingerprint density at radius 3 is 3.00 bits per heavy atom. The van der Waals surface area contributed by atoms with Crippen LogP contribution in [0.3, 0.4) is 0 Å². The molecule has 1 aliphatic rings. The molecule has 1 unspecified atom stereocenters. The highest BCUT2D eigenvalue weighted by molar-refractivity contribution is 9.10. The van der Waals surface area contributed by atoms with E-state index in [2.05, 4.69) is 20.9 Å². The highest BCUT2D eigenvalue weighted by Gasteiger charge is 2.30. The van der Waals surface area contributed by atoms with E-state index in [-0.39, 0.29) is 10.7 Å². The molecule has 3 nitrogen and oxygen atoms in total. The van der Waals surface area contributed by atoms with Gasteiger partial charge in [0.15, 0.2) is 0 Å². The molecule has 0 spiro atoms. The van der Waals surface area contributed by atoms with E-state index >= 15 is 0 Å². The number of hydrogen-bond donors (Lipinski definition) is 0. The minimum atomic E-state index is -0.0372. The van der Waals surface area contributed by atoms with Crippen LogP contribution in [0.25, 0.3) is 0 Å². The molecule has 74 valence electrons. The van der Waals surface area contributed by atoms with Crippen molar-refractivity contribution in [2.24, 2.45) is 0 Å². The van der Waals surface area contributed by atoms with E-state index in [0.29, 0.717) is 0 Å². The molecule has 1 atom stereocenters. The van der Waals surface area contributed by atoms with Gasteiger partial charge in [-0.25, -0.2) is 4.98 Å². The third-order valence-corrected chi connectivity index (χ3v) is 3.17. The average molecular weight is 255 g/mol. The molecule has 1 aromatic rings. The van der Waals surface area contributed by atoms with Gasteiger partial charge >= 0.3 is 0 Å². The molecular weight excluding hydrogens is 244 g/mol. The lowest BCUT2D eigenvalue weighted by atomic mass is 10.3. The van der Waals surface area contributed by atoms with Gasteiger partial charge in [-0.3, -0.25) is 9.69 Å². The van der Waals surface area contributed by atoms with E-state index in [4.69, 9.17) is 0 Å². The molecule has 1 saturated heterocycles. The van der Waals surface area contributed by atoms with Gasteiger partial charge in [0.1, 0.15) is 5.82 Å². The normalized spacial score (nSPS) is 21.7. The number of carbonyl (C=O) groups is 1. The molecule has 14 heavy (non-hydrogen) atoms. The fraction of sp³-hybridized carbons (Fsp3) is 0.400. The van der Waals surface area contributed by atoms with Crippen LogP contribution in [-0.2, 0) is 4.79 Å². The molecule has 2 rings (SSSR count). The molecule has 1 fully saturated rings. The van der Waals surface area contributed by atoms with Crippen LogP contribution in [0.5, 0.6) is 0 Å². The molecule has 0 radical (unpaired) electrons. The lowest BCUT2D eigenvalue weighted by Crippen LogP contribution is -2.27. The number of alkyl halides is 1. The van der Waals surface area contributed by atoms with E-state index in [0.717, 1.165) is 24.3 Å². The zero-order chi connectivity index (χ0) is 10.1. The van der Waals surface area contributed by atoms with Crippen LogP contribution in [0.15, 0.2) is 18.3 Å². The first-order chi connectivity index (χ1) is 6.68. The lowest BCUT2D eigenvalue weighted by molar-refractivity contribution is -0.116. The molecule has 4 heteroatoms. The Morgan fingerprint density at radius 2 is 2.43 bits per heavy atom. The van der Waals surface area contributed by atoms with Crippen LogP contribution in [-0.4, -0.2) is 22.3 Å². The summed E-state index contributed by atoms with van der Waals surface area (Å²) in [5.41, 5.74) is 1.13. The molecule has 0 N–H and O–H groups in total. The lowest BCUT2D eigenvalue weighted by Gasteiger charge is -2.14. The Balaban J connectivity index is 2.28. The number of amides is 1. The number of aromatic nitrogens is 1. The monoisotopic (exact) mass is 254 g/mol. The minimum absolute atomic E-state index is 0.0372. The van der Waals surface area contributed by atoms with Gasteiger partial charge in [0, 0.05) is 12.7 Å². The maximum atomic E-state index is 11.7. The van der Waals surface area contributed by atoms with Gasteiger partial charge in [0.25, 0.3) is 0 Å². The van der Waals surface area contributed by atoms with Gasteiger partial charge in [-0.1, -0.05) is 15.9 Å². The van der Waals surface area contributed by atoms with Crippen LogP contribution >= 0.6 is 15.9 Å². The first kappa shape index (κ1) is 9.65. The highest BCUT2D eigenvalue weighted by atomic mass is 79.9. The average Bonchev–Trinajstić information content (AvgIpc) is 2.48. The predicted octanol–water partition coefficient (Wildman–Crippen LogP) is 1.89. The Morgan fingerprint density at radius 1 is 1.64 bits per heavy atom. The van der Waals surface area contributed by atoms with Gasteiger partial charge in [0.05, 0.1) is 4.83 Å². The number of pyridine rings is 1. The van der Waals surface area contributed by atoms with Crippen LogP contribution in [0.2, 0.25) is 0 Å². The maximum Gasteiger partial charge on any atom is 0.241 e. The molecule has 0 aliphatic carbocycles. The Hall–Kier alpha value is -0.900. The minimum Gasteiger partial charge on any atom is -0.296 e. The molecule has 0 saturated carbocycles. The standard InChI is InChI=1S/C10H11BrN2O/c1-7-2-4-12-9(6-7)13-5-3-8(11)10(13)14/h2,4,6,8H,3,5H2,1H3. The molecule has 1 aliphatic heterocycles. The summed E-state index contributed by atoms with van der Waals surface area (Å²) in [7, 11) is 0. The first-order valence-electron chi connectivity index (χ1n) is 4.56. The van der Waals surface area contributed by atoms with Crippen molar-refractivity contribution in [2.45, 2.75) is 18.2 Å². The van der Waals surface area contributed by atoms with Crippen molar-refractivity contribution in [3.8, 4) is 0 Å². The third-order valence-electron chi connectivity index (χ3n) is 2.32. The molecule has 1 aromatic heterocycles. The third kappa shape index (κ3) is 1.66. The second kappa shape index (κ2) is 3.69. The van der Waals surface area contributed by atoms with Gasteiger partial charge in [-0.15, -0.1) is 0 Å². The number of nitrogens with zero attached hydrogens (tertiary/aromatic N) is 2. The van der Waals surface area contributed by atoms with Gasteiger partial charge in [0.2, 0.25) is 5.91 Å². The van der Waals surface area contributed by atoms with Gasteiger partial charge < -0.3 is 0 Å². The fourth-order valence-electron chi connectivity index (χ4n) is 1.54. The number of rotatable bonds is 1. The van der Waals surface area contributed by atoms with Crippen molar-refractivity contribution in [2.75, 3.05) is 11.4 Å². The first-order valence-corrected chi connectivity index (χ1v) is 5.48.